The zero-order valence-electron chi connectivity index (χ0n) is 30.6. The number of rotatable bonds is 19. The average Bonchev–Trinajstić information content (AvgIpc) is 3.60. The largest absolute Gasteiger partial charge is 0.416 e. The van der Waals surface area contributed by atoms with Crippen molar-refractivity contribution in [2.75, 3.05) is 62.2 Å². The third kappa shape index (κ3) is 18.3. The fraction of sp³-hybridized carbons (Fsp3) is 0.909. The van der Waals surface area contributed by atoms with Gasteiger partial charge in [-0.2, -0.15) is 38.7 Å². The molecule has 3 fully saturated rings. The third-order valence-electron chi connectivity index (χ3n) is 6.29. The summed E-state index contributed by atoms with van der Waals surface area (Å²) >= 11 is -3.14. The standard InChI is InChI=1S/C7H9F5O6S2.C7H11F3O6S2.C6H4F6O6S2.2CH3F/c1-5(2-8)15-6(9,3-19-18-17-11)7(10,16-5)4-20(12,13)14;1-5(2-8)14-6(9,3-17-16-11)7(10,15-5)4-18(12)13;7-3(8)4-15-5(9,1-19-18-17-11)6(10,16-4)2-20(12,13)14;2*1-2/h2-4H2,1H3;11H,2-4H2,1H3,(H,12,13);1-2H2;2*1H3. The molecule has 0 bridgehead atoms. The van der Waals surface area contributed by atoms with Crippen molar-refractivity contribution in [3.8, 4) is 0 Å². The summed E-state index contributed by atoms with van der Waals surface area (Å²) in [5.74, 6) is -37.9. The van der Waals surface area contributed by atoms with Gasteiger partial charge < -0.3 is 33.0 Å². The minimum atomic E-state index is -5.66. The second-order valence-electron chi connectivity index (χ2n) is 11.0. The second kappa shape index (κ2) is 25.7. The fourth-order valence-corrected chi connectivity index (χ4v) is 7.66. The van der Waals surface area contributed by atoms with Crippen molar-refractivity contribution in [3.63, 3.8) is 0 Å². The summed E-state index contributed by atoms with van der Waals surface area (Å²) in [4.78, 5) is 0. The highest BCUT2D eigenvalue weighted by Crippen LogP contribution is 2.51. The Balaban J connectivity index is 0. The molecule has 9 unspecified atom stereocenters. The molecule has 3 aliphatic heterocycles. The van der Waals surface area contributed by atoms with E-state index < -0.39 is 138 Å². The van der Waals surface area contributed by atoms with Crippen molar-refractivity contribution in [1.29, 1.82) is 0 Å². The number of halogens is 16. The van der Waals surface area contributed by atoms with Gasteiger partial charge in [-0.05, 0) is 33.1 Å². The highest BCUT2D eigenvalue weighted by molar-refractivity contribution is 7.95. The van der Waals surface area contributed by atoms with E-state index in [0.29, 0.717) is 14.4 Å². The van der Waals surface area contributed by atoms with Crippen molar-refractivity contribution in [2.24, 2.45) is 0 Å². The molecule has 0 spiro atoms. The van der Waals surface area contributed by atoms with E-state index in [1.807, 2.05) is 0 Å². The van der Waals surface area contributed by atoms with Gasteiger partial charge in [0.1, 0.15) is 30.6 Å². The molecule has 9 atom stereocenters. The highest BCUT2D eigenvalue weighted by atomic mass is 32.3. The lowest BCUT2D eigenvalue weighted by molar-refractivity contribution is -0.359. The molecule has 3 heterocycles. The fourth-order valence-electron chi connectivity index (χ4n) is 4.13. The molecule has 0 aromatic heterocycles. The Morgan fingerprint density at radius 2 is 0.984 bits per heavy atom. The van der Waals surface area contributed by atoms with Crippen LogP contribution in [0.2, 0.25) is 0 Å². The topological polar surface area (TPSA) is 227 Å². The van der Waals surface area contributed by atoms with E-state index in [2.05, 4.69) is 51.6 Å². The number of hydrogen-bond acceptors (Lipinski definition) is 20. The Kier molecular flexibility index (Phi) is 26.1. The molecule has 18 nitrogen and oxygen atoms in total. The summed E-state index contributed by atoms with van der Waals surface area (Å²) in [5.41, 5.74) is 0. The van der Waals surface area contributed by atoms with Crippen LogP contribution in [0.3, 0.4) is 0 Å². The van der Waals surface area contributed by atoms with Crippen LogP contribution >= 0.6 is 36.1 Å². The normalized spacial score (nSPS) is 34.5. The molecule has 0 aromatic carbocycles. The van der Waals surface area contributed by atoms with Crippen LogP contribution < -0.4 is 0 Å². The van der Waals surface area contributed by atoms with Gasteiger partial charge in [0, 0.05) is 36.1 Å². The van der Waals surface area contributed by atoms with E-state index in [1.54, 1.807) is 0 Å². The average molecular weight is 1080 g/mol. The maximum Gasteiger partial charge on any atom is 0.353 e. The third-order valence-corrected chi connectivity index (χ3v) is 10.2. The van der Waals surface area contributed by atoms with E-state index in [4.69, 9.17) is 9.81 Å². The van der Waals surface area contributed by atoms with Gasteiger partial charge >= 0.3 is 44.2 Å². The van der Waals surface area contributed by atoms with Gasteiger partial charge in [-0.1, -0.05) is 0 Å². The Hall–Kier alpha value is -1.12. The minimum Gasteiger partial charge on any atom is -0.416 e. The van der Waals surface area contributed by atoms with Crippen LogP contribution in [-0.2, 0) is 83.1 Å². The second-order valence-corrected chi connectivity index (χ2v) is 16.7. The van der Waals surface area contributed by atoms with Gasteiger partial charge in [0.25, 0.3) is 23.4 Å². The first kappa shape index (κ1) is 63.0. The smallest absolute Gasteiger partial charge is 0.353 e. The van der Waals surface area contributed by atoms with Gasteiger partial charge in [-0.15, -0.1) is 16.4 Å². The lowest BCUT2D eigenvalue weighted by atomic mass is 10.2. The van der Waals surface area contributed by atoms with Gasteiger partial charge in [0.15, 0.2) is 16.8 Å². The van der Waals surface area contributed by atoms with Gasteiger partial charge in [0.05, 0.1) is 25.9 Å². The summed E-state index contributed by atoms with van der Waals surface area (Å²) < 4.78 is 297. The van der Waals surface area contributed by atoms with E-state index >= 15 is 0 Å². The molecule has 3 saturated heterocycles. The SMILES string of the molecule is CC1(CF)OC(F)(CSOO)C(F)(CS(=O)O)O1.CC1(CF)OC(F)(CSOOF)C(F)(CS(=O)(=O)F)O1.CF.CF.O=S(=O)(F)CC1(F)OC(=C(F)F)OC1(F)CSOOF. The maximum absolute atomic E-state index is 14.3. The van der Waals surface area contributed by atoms with Crippen molar-refractivity contribution in [1.82, 2.24) is 0 Å². The van der Waals surface area contributed by atoms with Gasteiger partial charge in [0.2, 0.25) is 11.6 Å². The highest BCUT2D eigenvalue weighted by Gasteiger charge is 2.71. The van der Waals surface area contributed by atoms with Crippen molar-refractivity contribution in [2.45, 2.75) is 60.6 Å². The van der Waals surface area contributed by atoms with E-state index in [0.717, 1.165) is 13.8 Å². The lowest BCUT2D eigenvalue weighted by Crippen LogP contribution is -2.51. The first-order chi connectivity index (χ1) is 28.2. The van der Waals surface area contributed by atoms with Gasteiger partial charge in [-0.25, -0.2) is 35.8 Å². The maximum atomic E-state index is 14.3. The molecule has 62 heavy (non-hydrogen) atoms. The van der Waals surface area contributed by atoms with Crippen LogP contribution in [0, 0.1) is 0 Å². The Bertz CT molecular complexity index is 1660. The van der Waals surface area contributed by atoms with Crippen LogP contribution in [0.25, 0.3) is 0 Å². The molecule has 374 valence electrons. The van der Waals surface area contributed by atoms with Crippen LogP contribution in [0.1, 0.15) is 13.8 Å². The Morgan fingerprint density at radius 3 is 1.34 bits per heavy atom. The van der Waals surface area contributed by atoms with Crippen molar-refractivity contribution < 1.29 is 152 Å². The number of ether oxygens (including phenoxy) is 6. The number of alkyl halides is 10. The minimum absolute atomic E-state index is 0.0773. The summed E-state index contributed by atoms with van der Waals surface area (Å²) in [6.45, 7) is -1.22. The molecule has 0 aliphatic carbocycles. The molecule has 0 radical (unpaired) electrons. The van der Waals surface area contributed by atoms with Crippen molar-refractivity contribution in [3.05, 3.63) is 12.0 Å². The summed E-state index contributed by atoms with van der Waals surface area (Å²) in [7, 11) is -10.2. The first-order valence-corrected chi connectivity index (χ1v) is 21.6. The summed E-state index contributed by atoms with van der Waals surface area (Å²) in [6, 6.07) is 0. The van der Waals surface area contributed by atoms with Crippen LogP contribution in [0.15, 0.2) is 12.0 Å². The van der Waals surface area contributed by atoms with E-state index in [-0.39, 0.29) is 36.1 Å². The molecule has 40 heteroatoms. The lowest BCUT2D eigenvalue weighted by Gasteiger charge is -2.27. The molecule has 0 aromatic rings. The molecule has 2 N–H and O–H groups in total. The van der Waals surface area contributed by atoms with E-state index in [9.17, 15) is 90.6 Å². The zero-order valence-corrected chi connectivity index (χ0v) is 35.5. The van der Waals surface area contributed by atoms with Crippen molar-refractivity contribution >= 4 is 67.7 Å². The molecular weight excluding hydrogens is 1050 g/mol. The zero-order chi connectivity index (χ0) is 49.3. The predicted octanol–water partition coefficient (Wildman–Crippen LogP) is 6.62. The van der Waals surface area contributed by atoms with Crippen LogP contribution in [0.5, 0.6) is 0 Å². The summed E-state index contributed by atoms with van der Waals surface area (Å²) in [5, 5.41) is 13.2. The quantitative estimate of drug-likeness (QED) is 0.0263. The summed E-state index contributed by atoms with van der Waals surface area (Å²) in [6.07, 6.45) is -2.82. The van der Waals surface area contributed by atoms with Crippen LogP contribution in [0.4, 0.5) is 69.5 Å². The number of hydrogen-bond donors (Lipinski definition) is 2. The Labute approximate surface area is 353 Å². The van der Waals surface area contributed by atoms with Gasteiger partial charge in [-0.3, -0.25) is 8.78 Å². The molecule has 0 saturated carbocycles. The van der Waals surface area contributed by atoms with E-state index in [1.165, 1.54) is 0 Å². The molecule has 3 aliphatic rings. The first-order valence-electron chi connectivity index (χ1n) is 14.5. The molecule has 3 rings (SSSR count). The molecule has 0 amide bonds. The predicted molar refractivity (Wildman–Crippen MR) is 175 cm³/mol. The monoisotopic (exact) mass is 1080 g/mol. The van der Waals surface area contributed by atoms with Crippen LogP contribution in [-0.4, -0.2) is 140 Å². The Morgan fingerprint density at radius 1 is 0.645 bits per heavy atom. The molecular formula is C22H30F16O18S6.